The van der Waals surface area contributed by atoms with Crippen LogP contribution in [0.25, 0.3) is 0 Å². The average molecular weight is 261 g/mol. The second kappa shape index (κ2) is 4.77. The van der Waals surface area contributed by atoms with Crippen LogP contribution >= 0.6 is 0 Å². The predicted molar refractivity (Wildman–Crippen MR) is 72.0 cm³/mol. The Hall–Kier alpha value is -1.69. The van der Waals surface area contributed by atoms with Crippen molar-refractivity contribution in [1.82, 2.24) is 19.8 Å². The summed E-state index contributed by atoms with van der Waals surface area (Å²) in [5, 5.41) is 0. The van der Waals surface area contributed by atoms with Crippen LogP contribution in [-0.4, -0.2) is 71.5 Å². The number of hydrogen-bond donors (Lipinski definition) is 0. The number of piperazine rings is 2. The molecule has 3 rings (SSSR count). The molecule has 0 saturated carbocycles. The van der Waals surface area contributed by atoms with E-state index in [0.29, 0.717) is 6.54 Å². The molecule has 0 N–H and O–H groups in total. The van der Waals surface area contributed by atoms with Crippen LogP contribution in [0.5, 0.6) is 0 Å². The zero-order chi connectivity index (χ0) is 13.4. The van der Waals surface area contributed by atoms with Gasteiger partial charge < -0.3 is 9.80 Å². The van der Waals surface area contributed by atoms with Gasteiger partial charge in [0.15, 0.2) is 0 Å². The number of hydrogen-bond acceptors (Lipinski definition) is 5. The standard InChI is InChI=1S/C13H19N5O/c1-10-3-4-14-13(15-10)18-8-7-17-6-5-16(2)12(19)11(17)9-18/h3-4,11H,5-9H2,1-2H3/t11-/m1/s1. The Morgan fingerprint density at radius 1 is 1.26 bits per heavy atom. The third-order valence-corrected chi connectivity index (χ3v) is 3.94. The fourth-order valence-corrected chi connectivity index (χ4v) is 2.74. The maximum atomic E-state index is 12.2. The van der Waals surface area contributed by atoms with Gasteiger partial charge in [-0.25, -0.2) is 9.97 Å². The molecule has 6 nitrogen and oxygen atoms in total. The van der Waals surface area contributed by atoms with E-state index in [9.17, 15) is 4.79 Å². The summed E-state index contributed by atoms with van der Waals surface area (Å²) in [5.74, 6) is 0.948. The second-order valence-electron chi connectivity index (χ2n) is 5.26. The largest absolute Gasteiger partial charge is 0.343 e. The van der Waals surface area contributed by atoms with Gasteiger partial charge >= 0.3 is 0 Å². The molecule has 2 fully saturated rings. The highest BCUT2D eigenvalue weighted by Crippen LogP contribution is 2.19. The topological polar surface area (TPSA) is 52.6 Å². The molecule has 0 aromatic carbocycles. The Bertz CT molecular complexity index is 492. The van der Waals surface area contributed by atoms with Gasteiger partial charge in [-0.05, 0) is 13.0 Å². The molecular weight excluding hydrogens is 242 g/mol. The molecule has 0 unspecified atom stereocenters. The number of nitrogens with zero attached hydrogens (tertiary/aromatic N) is 5. The molecule has 2 aliphatic rings. The van der Waals surface area contributed by atoms with Gasteiger partial charge in [-0.3, -0.25) is 9.69 Å². The second-order valence-corrected chi connectivity index (χ2v) is 5.26. The molecular formula is C13H19N5O. The molecule has 2 saturated heterocycles. The fourth-order valence-electron chi connectivity index (χ4n) is 2.74. The monoisotopic (exact) mass is 261 g/mol. The predicted octanol–water partition coefficient (Wildman–Crippen LogP) is -0.252. The van der Waals surface area contributed by atoms with Crippen molar-refractivity contribution in [3.8, 4) is 0 Å². The smallest absolute Gasteiger partial charge is 0.241 e. The van der Waals surface area contributed by atoms with Gasteiger partial charge in [0.2, 0.25) is 11.9 Å². The van der Waals surface area contributed by atoms with E-state index in [1.165, 1.54) is 0 Å². The fraction of sp³-hybridized carbons (Fsp3) is 0.615. The Morgan fingerprint density at radius 3 is 2.84 bits per heavy atom. The Morgan fingerprint density at radius 2 is 2.05 bits per heavy atom. The third-order valence-electron chi connectivity index (χ3n) is 3.94. The SMILES string of the molecule is Cc1ccnc(N2CCN3CCN(C)C(=O)[C@H]3C2)n1. The van der Waals surface area contributed by atoms with Crippen molar-refractivity contribution in [3.63, 3.8) is 0 Å². The van der Waals surface area contributed by atoms with Crippen LogP contribution in [0.3, 0.4) is 0 Å². The Balaban J connectivity index is 1.79. The number of aryl methyl sites for hydroxylation is 1. The highest BCUT2D eigenvalue weighted by atomic mass is 16.2. The van der Waals surface area contributed by atoms with Gasteiger partial charge in [0.25, 0.3) is 0 Å². The van der Waals surface area contributed by atoms with E-state index in [2.05, 4.69) is 19.8 Å². The number of likely N-dealkylation sites (N-methyl/N-ethyl adjacent to an activating group) is 1. The third kappa shape index (κ3) is 2.28. The lowest BCUT2D eigenvalue weighted by molar-refractivity contribution is -0.140. The van der Waals surface area contributed by atoms with E-state index >= 15 is 0 Å². The zero-order valence-corrected chi connectivity index (χ0v) is 11.4. The molecule has 102 valence electrons. The number of aromatic nitrogens is 2. The van der Waals surface area contributed by atoms with Crippen molar-refractivity contribution in [2.45, 2.75) is 13.0 Å². The van der Waals surface area contributed by atoms with Crippen LogP contribution in [-0.2, 0) is 4.79 Å². The van der Waals surface area contributed by atoms with Gasteiger partial charge in [-0.15, -0.1) is 0 Å². The maximum Gasteiger partial charge on any atom is 0.241 e. The van der Waals surface area contributed by atoms with Gasteiger partial charge in [0, 0.05) is 51.7 Å². The molecule has 2 aliphatic heterocycles. The summed E-state index contributed by atoms with van der Waals surface area (Å²) >= 11 is 0. The minimum absolute atomic E-state index is 0.0448. The minimum atomic E-state index is -0.0448. The summed E-state index contributed by atoms with van der Waals surface area (Å²) < 4.78 is 0. The first kappa shape index (κ1) is 12.3. The van der Waals surface area contributed by atoms with Crippen LogP contribution in [0.4, 0.5) is 5.95 Å². The van der Waals surface area contributed by atoms with Gasteiger partial charge in [0.1, 0.15) is 6.04 Å². The van der Waals surface area contributed by atoms with Crippen LogP contribution in [0.1, 0.15) is 5.69 Å². The molecule has 0 bridgehead atoms. The maximum absolute atomic E-state index is 12.2. The zero-order valence-electron chi connectivity index (χ0n) is 11.4. The first-order valence-electron chi connectivity index (χ1n) is 6.69. The molecule has 1 atom stereocenters. The molecule has 0 radical (unpaired) electrons. The summed E-state index contributed by atoms with van der Waals surface area (Å²) in [6.45, 7) is 6.23. The van der Waals surface area contributed by atoms with Crippen molar-refractivity contribution in [2.75, 3.05) is 44.7 Å². The molecule has 19 heavy (non-hydrogen) atoms. The van der Waals surface area contributed by atoms with Crippen molar-refractivity contribution >= 4 is 11.9 Å². The lowest BCUT2D eigenvalue weighted by Gasteiger charge is -2.45. The van der Waals surface area contributed by atoms with Crippen LogP contribution in [0, 0.1) is 6.92 Å². The number of amides is 1. The highest BCUT2D eigenvalue weighted by molar-refractivity contribution is 5.83. The molecule has 6 heteroatoms. The number of anilines is 1. The van der Waals surface area contributed by atoms with Crippen molar-refractivity contribution in [3.05, 3.63) is 18.0 Å². The minimum Gasteiger partial charge on any atom is -0.343 e. The average Bonchev–Trinajstić information content (AvgIpc) is 2.43. The normalized spacial score (nSPS) is 24.5. The van der Waals surface area contributed by atoms with E-state index in [-0.39, 0.29) is 11.9 Å². The van der Waals surface area contributed by atoms with Crippen LogP contribution in [0.15, 0.2) is 12.3 Å². The summed E-state index contributed by atoms with van der Waals surface area (Å²) in [4.78, 5) is 27.2. The number of rotatable bonds is 1. The lowest BCUT2D eigenvalue weighted by atomic mass is 10.1. The van der Waals surface area contributed by atoms with E-state index in [1.807, 2.05) is 24.9 Å². The quantitative estimate of drug-likeness (QED) is 0.697. The van der Waals surface area contributed by atoms with E-state index in [0.717, 1.165) is 37.8 Å². The summed E-state index contributed by atoms with van der Waals surface area (Å²) in [5.41, 5.74) is 0.958. The van der Waals surface area contributed by atoms with Crippen molar-refractivity contribution < 1.29 is 4.79 Å². The lowest BCUT2D eigenvalue weighted by Crippen LogP contribution is -2.64. The van der Waals surface area contributed by atoms with Crippen molar-refractivity contribution in [1.29, 1.82) is 0 Å². The number of carbonyl (C=O) groups is 1. The van der Waals surface area contributed by atoms with E-state index < -0.39 is 0 Å². The molecule has 1 amide bonds. The Labute approximate surface area is 113 Å². The van der Waals surface area contributed by atoms with Gasteiger partial charge in [0.05, 0.1) is 0 Å². The molecule has 1 aromatic rings. The van der Waals surface area contributed by atoms with Crippen LogP contribution in [0.2, 0.25) is 0 Å². The van der Waals surface area contributed by atoms with Gasteiger partial charge in [-0.2, -0.15) is 0 Å². The Kier molecular flexibility index (Phi) is 3.10. The summed E-state index contributed by atoms with van der Waals surface area (Å²) in [6.07, 6.45) is 1.78. The first-order valence-corrected chi connectivity index (χ1v) is 6.69. The summed E-state index contributed by atoms with van der Waals surface area (Å²) in [6, 6.07) is 1.84. The number of carbonyl (C=O) groups excluding carboxylic acids is 1. The molecule has 0 aliphatic carbocycles. The molecule has 0 spiro atoms. The van der Waals surface area contributed by atoms with E-state index in [1.54, 1.807) is 6.20 Å². The van der Waals surface area contributed by atoms with Gasteiger partial charge in [-0.1, -0.05) is 0 Å². The summed E-state index contributed by atoms with van der Waals surface area (Å²) in [7, 11) is 1.88. The van der Waals surface area contributed by atoms with E-state index in [4.69, 9.17) is 0 Å². The molecule has 3 heterocycles. The highest BCUT2D eigenvalue weighted by Gasteiger charge is 2.37. The first-order chi connectivity index (χ1) is 9.15. The van der Waals surface area contributed by atoms with Crippen molar-refractivity contribution in [2.24, 2.45) is 0 Å². The van der Waals surface area contributed by atoms with Crippen LogP contribution < -0.4 is 4.90 Å². The molecule has 1 aromatic heterocycles. The number of fused-ring (bicyclic) bond motifs is 1.